The molecule has 0 amide bonds. The van der Waals surface area contributed by atoms with E-state index in [1.807, 2.05) is 0 Å². The number of non-ortho nitro benzene ring substituents is 1. The fourth-order valence-electron chi connectivity index (χ4n) is 1.82. The number of nitro groups is 1. The average Bonchev–Trinajstić information content (AvgIpc) is 2.48. The van der Waals surface area contributed by atoms with Gasteiger partial charge in [0.05, 0.1) is 22.2 Å². The van der Waals surface area contributed by atoms with E-state index in [1.54, 1.807) is 24.3 Å². The van der Waals surface area contributed by atoms with E-state index in [0.717, 1.165) is 0 Å². The zero-order chi connectivity index (χ0) is 15.5. The summed E-state index contributed by atoms with van der Waals surface area (Å²) in [5, 5.41) is 19.5. The van der Waals surface area contributed by atoms with E-state index >= 15 is 0 Å². The van der Waals surface area contributed by atoms with Crippen molar-refractivity contribution in [2.24, 2.45) is 0 Å². The molecule has 21 heavy (non-hydrogen) atoms. The second-order valence-electron chi connectivity index (χ2n) is 4.48. The Kier molecular flexibility index (Phi) is 4.35. The molecule has 0 bridgehead atoms. The first-order valence-electron chi connectivity index (χ1n) is 6.08. The number of nitro benzene ring substituents is 1. The second-order valence-corrected chi connectivity index (χ2v) is 6.47. The molecule has 110 valence electrons. The quantitative estimate of drug-likeness (QED) is 0.673. The van der Waals surface area contributed by atoms with Gasteiger partial charge in [0.25, 0.3) is 5.69 Å². The molecule has 0 atom stereocenters. The van der Waals surface area contributed by atoms with Crippen molar-refractivity contribution in [1.82, 2.24) is 0 Å². The van der Waals surface area contributed by atoms with Crippen LogP contribution >= 0.6 is 0 Å². The summed E-state index contributed by atoms with van der Waals surface area (Å²) in [6, 6.07) is 11.4. The third kappa shape index (κ3) is 3.65. The van der Waals surface area contributed by atoms with Crippen molar-refractivity contribution in [1.29, 1.82) is 0 Å². The summed E-state index contributed by atoms with van der Waals surface area (Å²) in [6.45, 7) is -0.102. The molecule has 6 nitrogen and oxygen atoms in total. The lowest BCUT2D eigenvalue weighted by atomic mass is 10.2. The van der Waals surface area contributed by atoms with Gasteiger partial charge < -0.3 is 5.11 Å². The molecular weight excluding hydrogens is 294 g/mol. The fourth-order valence-corrected chi connectivity index (χ4v) is 3.17. The lowest BCUT2D eigenvalue weighted by Gasteiger charge is -2.05. The van der Waals surface area contributed by atoms with E-state index in [-0.39, 0.29) is 22.9 Å². The highest BCUT2D eigenvalue weighted by Crippen LogP contribution is 2.20. The lowest BCUT2D eigenvalue weighted by Crippen LogP contribution is -2.05. The second kappa shape index (κ2) is 6.02. The summed E-state index contributed by atoms with van der Waals surface area (Å²) in [6.07, 6.45) is 0. The first-order valence-corrected chi connectivity index (χ1v) is 7.73. The van der Waals surface area contributed by atoms with Crippen LogP contribution in [0.1, 0.15) is 11.1 Å². The van der Waals surface area contributed by atoms with Crippen molar-refractivity contribution in [3.8, 4) is 0 Å². The van der Waals surface area contributed by atoms with Gasteiger partial charge in [-0.25, -0.2) is 8.42 Å². The summed E-state index contributed by atoms with van der Waals surface area (Å²) < 4.78 is 24.4. The molecule has 0 saturated carbocycles. The zero-order valence-corrected chi connectivity index (χ0v) is 11.8. The van der Waals surface area contributed by atoms with Gasteiger partial charge in [-0.05, 0) is 23.3 Å². The first-order chi connectivity index (χ1) is 9.92. The Balaban J connectivity index is 2.22. The number of hydrogen-bond donors (Lipinski definition) is 1. The maximum absolute atomic E-state index is 12.2. The number of rotatable bonds is 5. The summed E-state index contributed by atoms with van der Waals surface area (Å²) in [5.41, 5.74) is 1.14. The standard InChI is InChI=1S/C14H13NO5S/c16-9-11-1-3-12(4-2-11)10-21(19,20)14-7-5-13(6-8-14)15(17)18/h1-8,16H,9-10H2. The molecule has 0 aliphatic rings. The van der Waals surface area contributed by atoms with Crippen molar-refractivity contribution in [2.45, 2.75) is 17.3 Å². The van der Waals surface area contributed by atoms with Crippen molar-refractivity contribution >= 4 is 15.5 Å². The molecule has 2 aromatic carbocycles. The van der Waals surface area contributed by atoms with E-state index in [1.165, 1.54) is 24.3 Å². The van der Waals surface area contributed by atoms with Gasteiger partial charge >= 0.3 is 0 Å². The highest BCUT2D eigenvalue weighted by atomic mass is 32.2. The topological polar surface area (TPSA) is 97.5 Å². The average molecular weight is 307 g/mol. The molecule has 2 aromatic rings. The van der Waals surface area contributed by atoms with E-state index in [4.69, 9.17) is 5.11 Å². The summed E-state index contributed by atoms with van der Waals surface area (Å²) in [4.78, 5) is 10.0. The van der Waals surface area contributed by atoms with Crippen molar-refractivity contribution in [3.05, 3.63) is 69.8 Å². The van der Waals surface area contributed by atoms with Crippen LogP contribution in [0.3, 0.4) is 0 Å². The van der Waals surface area contributed by atoms with E-state index in [0.29, 0.717) is 11.1 Å². The molecule has 1 N–H and O–H groups in total. The highest BCUT2D eigenvalue weighted by molar-refractivity contribution is 7.90. The Hall–Kier alpha value is -2.25. The minimum Gasteiger partial charge on any atom is -0.392 e. The molecule has 0 heterocycles. The Labute approximate surface area is 121 Å². The number of nitrogens with zero attached hydrogens (tertiary/aromatic N) is 1. The predicted molar refractivity (Wildman–Crippen MR) is 76.4 cm³/mol. The number of aliphatic hydroxyl groups is 1. The third-order valence-corrected chi connectivity index (χ3v) is 4.67. The number of hydrogen-bond acceptors (Lipinski definition) is 5. The molecule has 0 radical (unpaired) electrons. The fraction of sp³-hybridized carbons (Fsp3) is 0.143. The van der Waals surface area contributed by atoms with Gasteiger partial charge in [0, 0.05) is 12.1 Å². The molecule has 2 rings (SSSR count). The van der Waals surface area contributed by atoms with Gasteiger partial charge in [0.1, 0.15) is 0 Å². The number of benzene rings is 2. The zero-order valence-electron chi connectivity index (χ0n) is 11.0. The highest BCUT2D eigenvalue weighted by Gasteiger charge is 2.16. The summed E-state index contributed by atoms with van der Waals surface area (Å²) in [5.74, 6) is -0.198. The first kappa shape index (κ1) is 15.1. The largest absolute Gasteiger partial charge is 0.392 e. The van der Waals surface area contributed by atoms with Gasteiger partial charge in [-0.15, -0.1) is 0 Å². The van der Waals surface area contributed by atoms with Gasteiger partial charge in [-0.3, -0.25) is 10.1 Å². The van der Waals surface area contributed by atoms with Crippen LogP contribution < -0.4 is 0 Å². The molecule has 0 spiro atoms. The van der Waals surface area contributed by atoms with Crippen molar-refractivity contribution in [3.63, 3.8) is 0 Å². The van der Waals surface area contributed by atoms with Crippen LogP contribution in [0.2, 0.25) is 0 Å². The number of sulfone groups is 1. The SMILES string of the molecule is O=[N+]([O-])c1ccc(S(=O)(=O)Cc2ccc(CO)cc2)cc1. The van der Waals surface area contributed by atoms with E-state index in [2.05, 4.69) is 0 Å². The van der Waals surface area contributed by atoms with Crippen molar-refractivity contribution in [2.75, 3.05) is 0 Å². The van der Waals surface area contributed by atoms with Crippen LogP contribution in [0.15, 0.2) is 53.4 Å². The smallest absolute Gasteiger partial charge is 0.269 e. The summed E-state index contributed by atoms with van der Waals surface area (Å²) >= 11 is 0. The minimum atomic E-state index is -3.56. The minimum absolute atomic E-state index is 0.0411. The van der Waals surface area contributed by atoms with E-state index in [9.17, 15) is 18.5 Å². The van der Waals surface area contributed by atoms with Gasteiger partial charge in [0.2, 0.25) is 0 Å². The molecule has 0 unspecified atom stereocenters. The van der Waals surface area contributed by atoms with Gasteiger partial charge in [-0.2, -0.15) is 0 Å². The van der Waals surface area contributed by atoms with Crippen LogP contribution in [0, 0.1) is 10.1 Å². The van der Waals surface area contributed by atoms with Gasteiger partial charge in [0.15, 0.2) is 9.84 Å². The Morgan fingerprint density at radius 1 is 0.952 bits per heavy atom. The molecular formula is C14H13NO5S. The lowest BCUT2D eigenvalue weighted by molar-refractivity contribution is -0.384. The van der Waals surface area contributed by atoms with Gasteiger partial charge in [-0.1, -0.05) is 24.3 Å². The normalized spacial score (nSPS) is 11.3. The molecule has 0 fully saturated rings. The maximum Gasteiger partial charge on any atom is 0.269 e. The molecule has 0 aliphatic carbocycles. The van der Waals surface area contributed by atoms with E-state index < -0.39 is 14.8 Å². The van der Waals surface area contributed by atoms with Crippen LogP contribution in [0.5, 0.6) is 0 Å². The van der Waals surface area contributed by atoms with Crippen LogP contribution in [0.25, 0.3) is 0 Å². The Morgan fingerprint density at radius 3 is 1.95 bits per heavy atom. The molecule has 7 heteroatoms. The third-order valence-electron chi connectivity index (χ3n) is 2.97. The Bertz CT molecular complexity index is 736. The van der Waals surface area contributed by atoms with Crippen LogP contribution in [-0.4, -0.2) is 18.4 Å². The summed E-state index contributed by atoms with van der Waals surface area (Å²) in [7, 11) is -3.56. The maximum atomic E-state index is 12.2. The monoisotopic (exact) mass is 307 g/mol. The van der Waals surface area contributed by atoms with Crippen LogP contribution in [0.4, 0.5) is 5.69 Å². The predicted octanol–water partition coefficient (Wildman–Crippen LogP) is 2.06. The van der Waals surface area contributed by atoms with Crippen LogP contribution in [-0.2, 0) is 22.2 Å². The molecule has 0 aromatic heterocycles. The molecule has 0 saturated heterocycles. The molecule has 0 aliphatic heterocycles. The van der Waals surface area contributed by atoms with Crippen molar-refractivity contribution < 1.29 is 18.4 Å². The Morgan fingerprint density at radius 2 is 1.48 bits per heavy atom. The number of aliphatic hydroxyl groups excluding tert-OH is 1.